The number of hydrogen-bond donors (Lipinski definition) is 5. The van der Waals surface area contributed by atoms with Gasteiger partial charge in [0.2, 0.25) is 6.29 Å². The Hall–Kier alpha value is -3.35. The Labute approximate surface area is 180 Å². The average molecular weight is 448 g/mol. The molecule has 1 fully saturated rings. The number of rotatable bonds is 5. The first-order valence-electron chi connectivity index (χ1n) is 9.46. The van der Waals surface area contributed by atoms with Crippen LogP contribution in [0, 0.1) is 0 Å². The summed E-state index contributed by atoms with van der Waals surface area (Å²) < 4.78 is 15.6. The first-order valence-corrected chi connectivity index (χ1v) is 9.46. The van der Waals surface area contributed by atoms with Gasteiger partial charge in [0.25, 0.3) is 0 Å². The van der Waals surface area contributed by atoms with Gasteiger partial charge in [-0.1, -0.05) is 6.07 Å². The van der Waals surface area contributed by atoms with Gasteiger partial charge in [0.15, 0.2) is 17.2 Å². The molecule has 0 saturated carbocycles. The lowest BCUT2D eigenvalue weighted by atomic mass is 10.0. The van der Waals surface area contributed by atoms with E-state index in [-0.39, 0.29) is 40.4 Å². The summed E-state index contributed by atoms with van der Waals surface area (Å²) in [5.41, 5.74) is 0.0241. The van der Waals surface area contributed by atoms with Crippen LogP contribution in [0.4, 0.5) is 0 Å². The van der Waals surface area contributed by atoms with Crippen LogP contribution < -0.4 is 15.3 Å². The second kappa shape index (κ2) is 8.65. The molecule has 11 heteroatoms. The van der Waals surface area contributed by atoms with E-state index in [1.807, 2.05) is 0 Å². The summed E-state index contributed by atoms with van der Waals surface area (Å²) in [5.74, 6) is -0.485. The number of phenolic OH excluding ortho intramolecular Hbond substituents is 2. The van der Waals surface area contributed by atoms with E-state index in [1.54, 1.807) is 0 Å². The highest BCUT2D eigenvalue weighted by atomic mass is 17.2. The first-order chi connectivity index (χ1) is 15.3. The van der Waals surface area contributed by atoms with E-state index in [1.165, 1.54) is 43.5 Å². The highest BCUT2D eigenvalue weighted by Crippen LogP contribution is 2.40. The fraction of sp³-hybridized carbons (Fsp3) is 0.286. The molecule has 0 amide bonds. The minimum absolute atomic E-state index is 0.00192. The zero-order valence-electron chi connectivity index (χ0n) is 16.7. The minimum Gasteiger partial charge on any atom is -0.504 e. The van der Waals surface area contributed by atoms with Gasteiger partial charge < -0.3 is 44.3 Å². The Morgan fingerprint density at radius 2 is 1.78 bits per heavy atom. The number of aliphatic hydroxyl groups excluding tert-OH is 3. The zero-order valence-corrected chi connectivity index (χ0v) is 16.7. The molecule has 1 aliphatic rings. The third kappa shape index (κ3) is 4.07. The SMILES string of the molecule is COc1cc(OOC2OCC(O)C(O)C2O)c2c(-c3ccc(O)c(O)c3)cc(=O)oc2c1. The Bertz CT molecular complexity index is 1190. The van der Waals surface area contributed by atoms with E-state index >= 15 is 0 Å². The quantitative estimate of drug-likeness (QED) is 0.161. The molecule has 2 aromatic carbocycles. The molecule has 11 nitrogen and oxygen atoms in total. The Morgan fingerprint density at radius 1 is 1.00 bits per heavy atom. The standard InChI is InChI=1S/C21H20O11/c1-28-10-5-15-18(11(7-17(25)30-15)9-2-3-12(22)13(23)4-9)16(6-10)31-32-21-20(27)19(26)14(24)8-29-21/h2-7,14,19-24,26-27H,8H2,1H3. The van der Waals surface area contributed by atoms with Gasteiger partial charge in [-0.2, -0.15) is 4.89 Å². The third-order valence-electron chi connectivity index (χ3n) is 4.99. The molecule has 170 valence electrons. The summed E-state index contributed by atoms with van der Waals surface area (Å²) >= 11 is 0. The van der Waals surface area contributed by atoms with Crippen LogP contribution in [0.25, 0.3) is 22.1 Å². The summed E-state index contributed by atoms with van der Waals surface area (Å²) in [6.45, 7) is -0.294. The average Bonchev–Trinajstić information content (AvgIpc) is 2.77. The lowest BCUT2D eigenvalue weighted by Gasteiger charge is -2.33. The number of hydrogen-bond acceptors (Lipinski definition) is 11. The monoisotopic (exact) mass is 448 g/mol. The van der Waals surface area contributed by atoms with Gasteiger partial charge in [-0.05, 0) is 17.7 Å². The normalized spacial score (nSPS) is 23.2. The van der Waals surface area contributed by atoms with Crippen LogP contribution in [-0.4, -0.2) is 63.9 Å². The van der Waals surface area contributed by atoms with Gasteiger partial charge in [-0.15, -0.1) is 0 Å². The van der Waals surface area contributed by atoms with Crippen LogP contribution in [0.2, 0.25) is 0 Å². The van der Waals surface area contributed by atoms with E-state index in [0.717, 1.165) is 0 Å². The lowest BCUT2D eigenvalue weighted by Crippen LogP contribution is -2.54. The maximum absolute atomic E-state index is 12.2. The van der Waals surface area contributed by atoms with Gasteiger partial charge in [-0.3, -0.25) is 0 Å². The topological polar surface area (TPSA) is 168 Å². The number of aromatic hydroxyl groups is 2. The smallest absolute Gasteiger partial charge is 0.336 e. The van der Waals surface area contributed by atoms with Crippen molar-refractivity contribution in [1.82, 2.24) is 0 Å². The second-order valence-corrected chi connectivity index (χ2v) is 7.11. The molecule has 4 atom stereocenters. The van der Waals surface area contributed by atoms with Crippen LogP contribution >= 0.6 is 0 Å². The van der Waals surface area contributed by atoms with E-state index in [2.05, 4.69) is 0 Å². The summed E-state index contributed by atoms with van der Waals surface area (Å²) in [6, 6.07) is 8.02. The van der Waals surface area contributed by atoms with Gasteiger partial charge in [0.05, 0.1) is 19.1 Å². The molecule has 3 aromatic rings. The summed E-state index contributed by atoms with van der Waals surface area (Å²) in [6.07, 6.45) is -5.81. The molecular formula is C21H20O11. The van der Waals surface area contributed by atoms with Crippen LogP contribution in [0.1, 0.15) is 0 Å². The maximum Gasteiger partial charge on any atom is 0.336 e. The van der Waals surface area contributed by atoms with Crippen molar-refractivity contribution in [2.45, 2.75) is 24.6 Å². The van der Waals surface area contributed by atoms with Crippen LogP contribution in [0.3, 0.4) is 0 Å². The van der Waals surface area contributed by atoms with Crippen molar-refractivity contribution in [3.63, 3.8) is 0 Å². The predicted molar refractivity (Wildman–Crippen MR) is 107 cm³/mol. The Kier molecular flexibility index (Phi) is 5.91. The number of fused-ring (bicyclic) bond motifs is 1. The molecule has 0 radical (unpaired) electrons. The van der Waals surface area contributed by atoms with Gasteiger partial charge in [0.1, 0.15) is 29.6 Å². The van der Waals surface area contributed by atoms with Crippen molar-refractivity contribution in [2.24, 2.45) is 0 Å². The van der Waals surface area contributed by atoms with Crippen LogP contribution in [0.15, 0.2) is 45.6 Å². The molecule has 0 aliphatic carbocycles. The summed E-state index contributed by atoms with van der Waals surface area (Å²) in [4.78, 5) is 22.7. The predicted octanol–water partition coefficient (Wildman–Crippen LogP) is 0.629. The molecule has 32 heavy (non-hydrogen) atoms. The first kappa shape index (κ1) is 21.9. The molecule has 2 heterocycles. The van der Waals surface area contributed by atoms with Gasteiger partial charge in [-0.25, -0.2) is 4.79 Å². The molecule has 1 saturated heterocycles. The minimum atomic E-state index is -1.60. The fourth-order valence-corrected chi connectivity index (χ4v) is 3.31. The number of aliphatic hydroxyl groups is 3. The second-order valence-electron chi connectivity index (χ2n) is 7.11. The largest absolute Gasteiger partial charge is 0.504 e. The highest BCUT2D eigenvalue weighted by molar-refractivity contribution is 5.98. The summed E-state index contributed by atoms with van der Waals surface area (Å²) in [7, 11) is 1.39. The van der Waals surface area contributed by atoms with Gasteiger partial charge >= 0.3 is 5.63 Å². The third-order valence-corrected chi connectivity index (χ3v) is 4.99. The molecule has 5 N–H and O–H groups in total. The van der Waals surface area contributed by atoms with Crippen molar-refractivity contribution in [3.05, 3.63) is 46.8 Å². The van der Waals surface area contributed by atoms with Gasteiger partial charge in [0, 0.05) is 23.8 Å². The van der Waals surface area contributed by atoms with Crippen LogP contribution in [0.5, 0.6) is 23.0 Å². The molecule has 1 aromatic heterocycles. The molecule has 0 bridgehead atoms. The molecular weight excluding hydrogens is 428 g/mol. The Balaban J connectivity index is 1.79. The van der Waals surface area contributed by atoms with E-state index in [0.29, 0.717) is 5.56 Å². The fourth-order valence-electron chi connectivity index (χ4n) is 3.31. The molecule has 1 aliphatic heterocycles. The van der Waals surface area contributed by atoms with Crippen LogP contribution in [-0.2, 0) is 9.62 Å². The summed E-state index contributed by atoms with van der Waals surface area (Å²) in [5, 5.41) is 49.2. The molecule has 4 unspecified atom stereocenters. The van der Waals surface area contributed by atoms with Crippen molar-refractivity contribution >= 4 is 11.0 Å². The van der Waals surface area contributed by atoms with Crippen molar-refractivity contribution < 1.29 is 49.2 Å². The molecule has 0 spiro atoms. The number of methoxy groups -OCH3 is 1. The van der Waals surface area contributed by atoms with E-state index < -0.39 is 36.0 Å². The van der Waals surface area contributed by atoms with Crippen molar-refractivity contribution in [1.29, 1.82) is 0 Å². The molecule has 4 rings (SSSR count). The number of benzene rings is 2. The highest BCUT2D eigenvalue weighted by Gasteiger charge is 2.39. The zero-order chi connectivity index (χ0) is 23.0. The number of phenols is 2. The van der Waals surface area contributed by atoms with Crippen molar-refractivity contribution in [3.8, 4) is 34.1 Å². The van der Waals surface area contributed by atoms with E-state index in [4.69, 9.17) is 23.7 Å². The lowest BCUT2D eigenvalue weighted by molar-refractivity contribution is -0.370. The Morgan fingerprint density at radius 3 is 2.50 bits per heavy atom. The number of ether oxygens (including phenoxy) is 2. The van der Waals surface area contributed by atoms with E-state index in [9.17, 15) is 30.3 Å². The van der Waals surface area contributed by atoms with Crippen molar-refractivity contribution in [2.75, 3.05) is 13.7 Å². The maximum atomic E-state index is 12.2.